The van der Waals surface area contributed by atoms with Gasteiger partial charge < -0.3 is 14.2 Å². The average molecular weight is 291 g/mol. The largest absolute Gasteiger partial charge is 0.448 e. The zero-order valence-electron chi connectivity index (χ0n) is 11.3. The molecule has 0 atom stereocenters. The summed E-state index contributed by atoms with van der Waals surface area (Å²) in [7, 11) is 0. The molecule has 3 rings (SSSR count). The van der Waals surface area contributed by atoms with Crippen LogP contribution in [0.25, 0.3) is 11.1 Å². The first-order valence-electron chi connectivity index (χ1n) is 6.50. The van der Waals surface area contributed by atoms with Crippen molar-refractivity contribution >= 4 is 28.4 Å². The third-order valence-electron chi connectivity index (χ3n) is 2.99. The molecular weight excluding hydrogens is 276 g/mol. The lowest BCUT2D eigenvalue weighted by atomic mass is 10.2. The van der Waals surface area contributed by atoms with Gasteiger partial charge in [-0.2, -0.15) is 0 Å². The molecule has 0 aliphatic rings. The second-order valence-electron chi connectivity index (χ2n) is 4.95. The van der Waals surface area contributed by atoms with E-state index in [9.17, 15) is 0 Å². The second-order valence-corrected chi connectivity index (χ2v) is 5.32. The molecule has 0 fully saturated rings. The summed E-state index contributed by atoms with van der Waals surface area (Å²) in [5, 5.41) is 3.67. The van der Waals surface area contributed by atoms with Gasteiger partial charge in [0.2, 0.25) is 0 Å². The zero-order valence-corrected chi connectivity index (χ0v) is 12.1. The number of rotatable bonds is 4. The second kappa shape index (κ2) is 5.21. The van der Waals surface area contributed by atoms with Gasteiger partial charge in [0.1, 0.15) is 11.3 Å². The summed E-state index contributed by atoms with van der Waals surface area (Å²) in [6.45, 7) is 4.70. The summed E-state index contributed by atoms with van der Waals surface area (Å²) in [6.07, 6.45) is 0. The van der Waals surface area contributed by atoms with Crippen molar-refractivity contribution in [2.24, 2.45) is 0 Å². The zero-order chi connectivity index (χ0) is 14.1. The Hall–Kier alpha value is -1.94. The Labute approximate surface area is 121 Å². The Morgan fingerprint density at radius 1 is 1.20 bits per heavy atom. The summed E-state index contributed by atoms with van der Waals surface area (Å²) in [5.74, 6) is 1.83. The van der Waals surface area contributed by atoms with Gasteiger partial charge in [-0.15, -0.1) is 0 Å². The summed E-state index contributed by atoms with van der Waals surface area (Å²) < 4.78 is 11.0. The quantitative estimate of drug-likeness (QED) is 0.749. The average Bonchev–Trinajstić information content (AvgIpc) is 3.01. The SMILES string of the molecule is CC(C)c1nc2cc(NCc3ccc(Cl)o3)ccc2o1. The van der Waals surface area contributed by atoms with Gasteiger partial charge in [-0.25, -0.2) is 4.98 Å². The van der Waals surface area contributed by atoms with Gasteiger partial charge in [-0.1, -0.05) is 13.8 Å². The van der Waals surface area contributed by atoms with Crippen molar-refractivity contribution in [3.8, 4) is 0 Å². The molecule has 20 heavy (non-hydrogen) atoms. The van der Waals surface area contributed by atoms with Crippen LogP contribution in [0.4, 0.5) is 5.69 Å². The molecule has 0 saturated carbocycles. The Bertz CT molecular complexity index is 730. The van der Waals surface area contributed by atoms with Crippen LogP contribution in [-0.2, 0) is 6.54 Å². The van der Waals surface area contributed by atoms with Crippen molar-refractivity contribution in [2.75, 3.05) is 5.32 Å². The van der Waals surface area contributed by atoms with E-state index in [1.54, 1.807) is 6.07 Å². The first-order chi connectivity index (χ1) is 9.61. The number of hydrogen-bond donors (Lipinski definition) is 1. The monoisotopic (exact) mass is 290 g/mol. The van der Waals surface area contributed by atoms with E-state index >= 15 is 0 Å². The van der Waals surface area contributed by atoms with Crippen molar-refractivity contribution in [1.29, 1.82) is 0 Å². The minimum Gasteiger partial charge on any atom is -0.448 e. The Balaban J connectivity index is 1.78. The fraction of sp³-hybridized carbons (Fsp3) is 0.267. The van der Waals surface area contributed by atoms with Gasteiger partial charge in [0.05, 0.1) is 6.54 Å². The molecule has 5 heteroatoms. The number of hydrogen-bond acceptors (Lipinski definition) is 4. The lowest BCUT2D eigenvalue weighted by Gasteiger charge is -2.03. The molecule has 0 saturated heterocycles. The highest BCUT2D eigenvalue weighted by Crippen LogP contribution is 2.24. The third kappa shape index (κ3) is 2.65. The molecule has 0 bridgehead atoms. The molecule has 2 heterocycles. The van der Waals surface area contributed by atoms with Gasteiger partial charge in [0.15, 0.2) is 16.7 Å². The number of nitrogens with zero attached hydrogens (tertiary/aromatic N) is 1. The van der Waals surface area contributed by atoms with E-state index in [0.29, 0.717) is 11.8 Å². The van der Waals surface area contributed by atoms with Crippen molar-refractivity contribution in [3.05, 3.63) is 47.2 Å². The number of oxazole rings is 1. The number of benzene rings is 1. The minimum absolute atomic E-state index is 0.282. The van der Waals surface area contributed by atoms with Gasteiger partial charge in [0.25, 0.3) is 0 Å². The van der Waals surface area contributed by atoms with Crippen LogP contribution < -0.4 is 5.32 Å². The Kier molecular flexibility index (Phi) is 3.40. The maximum atomic E-state index is 5.74. The molecule has 0 radical (unpaired) electrons. The van der Waals surface area contributed by atoms with Crippen molar-refractivity contribution in [2.45, 2.75) is 26.3 Å². The van der Waals surface area contributed by atoms with Crippen LogP contribution in [0.2, 0.25) is 5.22 Å². The molecule has 0 spiro atoms. The molecular formula is C15H15ClN2O2. The molecule has 1 N–H and O–H groups in total. The highest BCUT2D eigenvalue weighted by molar-refractivity contribution is 6.28. The number of fused-ring (bicyclic) bond motifs is 1. The van der Waals surface area contributed by atoms with Crippen LogP contribution in [0.5, 0.6) is 0 Å². The maximum Gasteiger partial charge on any atom is 0.198 e. The van der Waals surface area contributed by atoms with Gasteiger partial charge in [0, 0.05) is 11.6 Å². The van der Waals surface area contributed by atoms with E-state index in [1.807, 2.05) is 24.3 Å². The summed E-state index contributed by atoms with van der Waals surface area (Å²) in [4.78, 5) is 4.48. The molecule has 3 aromatic rings. The molecule has 0 amide bonds. The van der Waals surface area contributed by atoms with Crippen LogP contribution in [0.1, 0.15) is 31.4 Å². The minimum atomic E-state index is 0.282. The number of furan rings is 1. The summed E-state index contributed by atoms with van der Waals surface area (Å²) >= 11 is 5.74. The fourth-order valence-corrected chi connectivity index (χ4v) is 2.10. The summed E-state index contributed by atoms with van der Waals surface area (Å²) in [6, 6.07) is 9.43. The van der Waals surface area contributed by atoms with Crippen LogP contribution >= 0.6 is 11.6 Å². The number of aromatic nitrogens is 1. The van der Waals surface area contributed by atoms with Gasteiger partial charge in [-0.05, 0) is 41.9 Å². The normalized spacial score (nSPS) is 11.4. The molecule has 104 valence electrons. The van der Waals surface area contributed by atoms with Gasteiger partial charge >= 0.3 is 0 Å². The standard InChI is InChI=1S/C15H15ClN2O2/c1-9(2)15-18-12-7-10(3-5-13(12)20-15)17-8-11-4-6-14(16)19-11/h3-7,9,17H,8H2,1-2H3. The smallest absolute Gasteiger partial charge is 0.198 e. The number of halogens is 1. The molecule has 0 aliphatic heterocycles. The Morgan fingerprint density at radius 2 is 2.05 bits per heavy atom. The predicted octanol–water partition coefficient (Wildman–Crippen LogP) is 4.81. The third-order valence-corrected chi connectivity index (χ3v) is 3.20. The highest BCUT2D eigenvalue weighted by atomic mass is 35.5. The van der Waals surface area contributed by atoms with E-state index in [1.165, 1.54) is 0 Å². The van der Waals surface area contributed by atoms with Gasteiger partial charge in [-0.3, -0.25) is 0 Å². The first-order valence-corrected chi connectivity index (χ1v) is 6.88. The van der Waals surface area contributed by atoms with Crippen LogP contribution in [0.3, 0.4) is 0 Å². The lowest BCUT2D eigenvalue weighted by Crippen LogP contribution is -1.97. The van der Waals surface area contributed by atoms with E-state index < -0.39 is 0 Å². The van der Waals surface area contributed by atoms with Crippen LogP contribution in [0.15, 0.2) is 39.2 Å². The highest BCUT2D eigenvalue weighted by Gasteiger charge is 2.09. The van der Waals surface area contributed by atoms with E-state index in [2.05, 4.69) is 24.1 Å². The van der Waals surface area contributed by atoms with Crippen molar-refractivity contribution in [3.63, 3.8) is 0 Å². The number of nitrogens with one attached hydrogen (secondary N) is 1. The van der Waals surface area contributed by atoms with Crippen molar-refractivity contribution < 1.29 is 8.83 Å². The lowest BCUT2D eigenvalue weighted by molar-refractivity contribution is 0.501. The maximum absolute atomic E-state index is 5.74. The van der Waals surface area contributed by atoms with E-state index in [4.69, 9.17) is 20.4 Å². The van der Waals surface area contributed by atoms with E-state index in [-0.39, 0.29) is 5.92 Å². The van der Waals surface area contributed by atoms with Crippen LogP contribution in [-0.4, -0.2) is 4.98 Å². The topological polar surface area (TPSA) is 51.2 Å². The number of anilines is 1. The van der Waals surface area contributed by atoms with E-state index in [0.717, 1.165) is 28.4 Å². The fourth-order valence-electron chi connectivity index (χ4n) is 1.94. The molecule has 1 aromatic carbocycles. The van der Waals surface area contributed by atoms with Crippen molar-refractivity contribution in [1.82, 2.24) is 4.98 Å². The predicted molar refractivity (Wildman–Crippen MR) is 79.1 cm³/mol. The summed E-state index contributed by atoms with van der Waals surface area (Å²) in [5.41, 5.74) is 2.63. The molecule has 0 unspecified atom stereocenters. The molecule has 4 nitrogen and oxygen atoms in total. The first kappa shape index (κ1) is 13.1. The molecule has 2 aromatic heterocycles. The molecule has 0 aliphatic carbocycles. The van der Waals surface area contributed by atoms with Crippen LogP contribution in [0, 0.1) is 0 Å². The Morgan fingerprint density at radius 3 is 2.75 bits per heavy atom.